The van der Waals surface area contributed by atoms with Crippen molar-refractivity contribution in [3.63, 3.8) is 0 Å². The molecule has 10 nitrogen and oxygen atoms in total. The van der Waals surface area contributed by atoms with Gasteiger partial charge in [0.25, 0.3) is 0 Å². The summed E-state index contributed by atoms with van der Waals surface area (Å²) in [6, 6.07) is 8.85. The molecule has 1 atom stereocenters. The third-order valence-electron chi connectivity index (χ3n) is 5.67. The molecule has 170 valence electrons. The van der Waals surface area contributed by atoms with E-state index in [4.69, 9.17) is 15.1 Å². The van der Waals surface area contributed by atoms with Crippen molar-refractivity contribution in [2.45, 2.75) is 31.3 Å². The minimum absolute atomic E-state index is 0.0175. The number of benzene rings is 2. The van der Waals surface area contributed by atoms with E-state index >= 15 is 0 Å². The van der Waals surface area contributed by atoms with E-state index in [1.807, 2.05) is 0 Å². The molecule has 2 aromatic carbocycles. The van der Waals surface area contributed by atoms with Gasteiger partial charge in [0.2, 0.25) is 5.91 Å². The van der Waals surface area contributed by atoms with Gasteiger partial charge in [0.1, 0.15) is 23.2 Å². The van der Waals surface area contributed by atoms with Gasteiger partial charge in [-0.15, -0.1) is 0 Å². The van der Waals surface area contributed by atoms with Gasteiger partial charge in [-0.25, -0.2) is 4.79 Å². The molecular weight excluding hydrogens is 419 g/mol. The molecule has 0 bridgehead atoms. The Kier molecular flexibility index (Phi) is 5.72. The Morgan fingerprint density at radius 1 is 1.19 bits per heavy atom. The number of carboxylic acid groups (broad SMARTS) is 1. The zero-order chi connectivity index (χ0) is 23.0. The normalized spacial score (nSPS) is 18.2. The van der Waals surface area contributed by atoms with Gasteiger partial charge in [-0.3, -0.25) is 4.79 Å². The molecule has 0 spiro atoms. The first-order valence-corrected chi connectivity index (χ1v) is 10.3. The number of phenols is 1. The molecular formula is C21H24BN2O8-. The first-order chi connectivity index (χ1) is 15.1. The average Bonchev–Trinajstić information content (AvgIpc) is 2.70. The number of aromatic hydroxyl groups is 1. The van der Waals surface area contributed by atoms with Crippen molar-refractivity contribution in [1.29, 1.82) is 0 Å². The fourth-order valence-corrected chi connectivity index (χ4v) is 3.91. The highest BCUT2D eigenvalue weighted by atomic mass is 16.6. The van der Waals surface area contributed by atoms with Crippen molar-refractivity contribution >= 4 is 18.6 Å². The van der Waals surface area contributed by atoms with Gasteiger partial charge in [0, 0.05) is 0 Å². The van der Waals surface area contributed by atoms with E-state index in [1.54, 1.807) is 18.2 Å². The van der Waals surface area contributed by atoms with Crippen LogP contribution in [-0.2, 0) is 17.6 Å². The molecule has 1 unspecified atom stereocenters. The Balaban J connectivity index is 1.39. The van der Waals surface area contributed by atoms with Gasteiger partial charge in [0.15, 0.2) is 0 Å². The second-order valence-corrected chi connectivity index (χ2v) is 8.21. The van der Waals surface area contributed by atoms with Gasteiger partial charge < -0.3 is 40.3 Å². The number of amides is 1. The first-order valence-electron chi connectivity index (χ1n) is 10.3. The SMILES string of the molecule is NC(Cc1ccc(O)cc1)C(=O)N1CC(Oc2ccc3c(c2C(=O)O)O[B-](O)(O)CC3)C1. The van der Waals surface area contributed by atoms with Crippen LogP contribution < -0.4 is 15.1 Å². The molecule has 1 saturated heterocycles. The fraction of sp³-hybridized carbons (Fsp3) is 0.333. The van der Waals surface area contributed by atoms with Crippen LogP contribution in [-0.4, -0.2) is 69.0 Å². The molecule has 0 saturated carbocycles. The fourth-order valence-electron chi connectivity index (χ4n) is 3.91. The summed E-state index contributed by atoms with van der Waals surface area (Å²) in [7, 11) is 0. The predicted molar refractivity (Wildman–Crippen MR) is 114 cm³/mol. The Morgan fingerprint density at radius 3 is 2.53 bits per heavy atom. The molecule has 2 heterocycles. The highest BCUT2D eigenvalue weighted by Gasteiger charge is 2.37. The Hall–Kier alpha value is -3.28. The van der Waals surface area contributed by atoms with Crippen molar-refractivity contribution in [1.82, 2.24) is 4.90 Å². The minimum atomic E-state index is -3.12. The maximum absolute atomic E-state index is 12.6. The Labute approximate surface area is 183 Å². The number of fused-ring (bicyclic) bond motifs is 1. The number of ether oxygens (including phenoxy) is 1. The number of carbonyl (C=O) groups excluding carboxylic acids is 1. The van der Waals surface area contributed by atoms with Crippen molar-refractivity contribution in [2.24, 2.45) is 5.73 Å². The van der Waals surface area contributed by atoms with Crippen LogP contribution in [0.3, 0.4) is 0 Å². The summed E-state index contributed by atoms with van der Waals surface area (Å²) in [4.78, 5) is 25.9. The predicted octanol–water partition coefficient (Wildman–Crippen LogP) is 0.108. The summed E-state index contributed by atoms with van der Waals surface area (Å²) in [5.74, 6) is -1.49. The summed E-state index contributed by atoms with van der Waals surface area (Å²) in [6.45, 7) is -2.63. The van der Waals surface area contributed by atoms with Gasteiger partial charge in [0.05, 0.1) is 24.9 Å². The zero-order valence-corrected chi connectivity index (χ0v) is 17.2. The van der Waals surface area contributed by atoms with Crippen LogP contribution in [0.15, 0.2) is 36.4 Å². The number of hydrogen-bond acceptors (Lipinski definition) is 8. The van der Waals surface area contributed by atoms with Gasteiger partial charge in [-0.2, -0.15) is 0 Å². The van der Waals surface area contributed by atoms with Crippen LogP contribution in [0.2, 0.25) is 6.32 Å². The van der Waals surface area contributed by atoms with Crippen molar-refractivity contribution < 1.29 is 39.2 Å². The van der Waals surface area contributed by atoms with E-state index in [0.717, 1.165) is 5.56 Å². The van der Waals surface area contributed by atoms with E-state index in [0.29, 0.717) is 12.0 Å². The Morgan fingerprint density at radius 2 is 1.88 bits per heavy atom. The molecule has 4 rings (SSSR count). The number of likely N-dealkylation sites (tertiary alicyclic amines) is 1. The van der Waals surface area contributed by atoms with Gasteiger partial charge in [-0.1, -0.05) is 24.5 Å². The third kappa shape index (κ3) is 4.50. The number of carboxylic acids is 1. The number of aromatic carboxylic acids is 1. The number of aryl methyl sites for hydroxylation is 1. The average molecular weight is 443 g/mol. The first kappa shape index (κ1) is 21.9. The van der Waals surface area contributed by atoms with E-state index in [1.165, 1.54) is 23.1 Å². The highest BCUT2D eigenvalue weighted by molar-refractivity contribution is 6.59. The van der Waals surface area contributed by atoms with Crippen molar-refractivity contribution in [3.8, 4) is 17.2 Å². The van der Waals surface area contributed by atoms with Gasteiger partial charge in [-0.05, 0) is 42.2 Å². The number of phenolic OH excluding ortho intramolecular Hbond substituents is 1. The lowest BCUT2D eigenvalue weighted by Crippen LogP contribution is -2.60. The van der Waals surface area contributed by atoms with Crippen molar-refractivity contribution in [2.75, 3.05) is 13.1 Å². The zero-order valence-electron chi connectivity index (χ0n) is 17.2. The molecule has 11 heteroatoms. The lowest BCUT2D eigenvalue weighted by Gasteiger charge is -2.41. The highest BCUT2D eigenvalue weighted by Crippen LogP contribution is 2.39. The number of carbonyl (C=O) groups is 2. The summed E-state index contributed by atoms with van der Waals surface area (Å²) in [5, 5.41) is 38.6. The number of nitrogens with two attached hydrogens (primary N) is 1. The summed E-state index contributed by atoms with van der Waals surface area (Å²) >= 11 is 0. The standard InChI is InChI=1S/C21H24BN2O8/c23-16(9-12-1-4-14(25)5-2-12)20(26)24-10-15(11-24)31-17-6-3-13-7-8-22(29,30)32-19(13)18(17)21(27)28/h1-6,15-16,25,29-30H,7-11,23H2,(H,27,28)/q-1. The lowest BCUT2D eigenvalue weighted by molar-refractivity contribution is -0.141. The summed E-state index contributed by atoms with van der Waals surface area (Å²) < 4.78 is 10.9. The monoisotopic (exact) mass is 443 g/mol. The van der Waals surface area contributed by atoms with Crippen LogP contribution in [0.5, 0.6) is 17.2 Å². The Bertz CT molecular complexity index is 1040. The second-order valence-electron chi connectivity index (χ2n) is 8.21. The van der Waals surface area contributed by atoms with Crippen LogP contribution >= 0.6 is 0 Å². The molecule has 0 aromatic heterocycles. The molecule has 2 aliphatic rings. The van der Waals surface area contributed by atoms with Crippen LogP contribution in [0.4, 0.5) is 0 Å². The van der Waals surface area contributed by atoms with Crippen LogP contribution in [0.25, 0.3) is 0 Å². The quantitative estimate of drug-likeness (QED) is 0.390. The van der Waals surface area contributed by atoms with E-state index < -0.39 is 24.9 Å². The molecule has 0 aliphatic carbocycles. The van der Waals surface area contributed by atoms with E-state index in [2.05, 4.69) is 0 Å². The number of nitrogens with zero attached hydrogens (tertiary/aromatic N) is 1. The van der Waals surface area contributed by atoms with Crippen LogP contribution in [0.1, 0.15) is 21.5 Å². The smallest absolute Gasteiger partial charge is 0.430 e. The van der Waals surface area contributed by atoms with Crippen molar-refractivity contribution in [3.05, 3.63) is 53.1 Å². The molecule has 6 N–H and O–H groups in total. The molecule has 0 radical (unpaired) electrons. The maximum atomic E-state index is 12.6. The minimum Gasteiger partial charge on any atom is -0.669 e. The molecule has 1 fully saturated rings. The molecule has 1 amide bonds. The number of hydrogen-bond donors (Lipinski definition) is 5. The third-order valence-corrected chi connectivity index (χ3v) is 5.67. The molecule has 2 aromatic rings. The van der Waals surface area contributed by atoms with E-state index in [9.17, 15) is 29.9 Å². The second kappa shape index (κ2) is 8.34. The van der Waals surface area contributed by atoms with E-state index in [-0.39, 0.29) is 54.5 Å². The van der Waals surface area contributed by atoms with Gasteiger partial charge >= 0.3 is 12.7 Å². The lowest BCUT2D eigenvalue weighted by atomic mass is 9.70. The van der Waals surface area contributed by atoms with Crippen LogP contribution in [0, 0.1) is 0 Å². The summed E-state index contributed by atoms with van der Waals surface area (Å²) in [5.41, 5.74) is 7.13. The molecule has 32 heavy (non-hydrogen) atoms. The summed E-state index contributed by atoms with van der Waals surface area (Å²) in [6.07, 6.45) is 0.139. The molecule has 2 aliphatic heterocycles. The largest absolute Gasteiger partial charge is 0.669 e. The topological polar surface area (TPSA) is 163 Å². The number of rotatable bonds is 6. The maximum Gasteiger partial charge on any atom is 0.430 e.